The molecule has 1 aliphatic heterocycles. The number of hydrogen-bond donors (Lipinski definition) is 1. The smallest absolute Gasteiger partial charge is 0.339 e. The first-order chi connectivity index (χ1) is 23.2. The fraction of sp³-hybridized carbons (Fsp3) is 0.359. The molecule has 1 amide bonds. The molecule has 0 aliphatic carbocycles. The first kappa shape index (κ1) is 35.9. The molecule has 10 heteroatoms. The van der Waals surface area contributed by atoms with Crippen LogP contribution in [0.4, 0.5) is 0 Å². The van der Waals surface area contributed by atoms with Crippen LogP contribution in [0, 0.1) is 20.8 Å². The van der Waals surface area contributed by atoms with Gasteiger partial charge in [0.05, 0.1) is 17.6 Å². The maximum atomic E-state index is 14.5. The number of carbonyl (C=O) groups excluding carboxylic acids is 2. The van der Waals surface area contributed by atoms with Gasteiger partial charge < -0.3 is 14.4 Å². The first-order valence-electron chi connectivity index (χ1n) is 16.4. The van der Waals surface area contributed by atoms with Crippen molar-refractivity contribution in [1.82, 2.24) is 14.6 Å². The molecule has 0 saturated carbocycles. The molecule has 1 N–H and O–H groups in total. The lowest BCUT2D eigenvalue weighted by molar-refractivity contribution is -0.164. The summed E-state index contributed by atoms with van der Waals surface area (Å²) in [6, 6.07) is 22.8. The summed E-state index contributed by atoms with van der Waals surface area (Å²) in [7, 11) is -2.69. The van der Waals surface area contributed by atoms with Crippen LogP contribution >= 0.6 is 0 Å². The lowest BCUT2D eigenvalue weighted by Gasteiger charge is -2.35. The zero-order valence-corrected chi connectivity index (χ0v) is 30.1. The van der Waals surface area contributed by atoms with Gasteiger partial charge in [0.15, 0.2) is 6.10 Å². The highest BCUT2D eigenvalue weighted by molar-refractivity contribution is 7.89. The number of benzene rings is 3. The zero-order valence-electron chi connectivity index (χ0n) is 29.2. The molecule has 2 atom stereocenters. The van der Waals surface area contributed by atoms with E-state index in [1.165, 1.54) is 7.11 Å². The standard InChI is InChI=1S/C39H45N3O6S/c1-25-13-17-29(18-14-25)35-31-24-42(22-21-32(31)40-27(3)34(35)36(38(44)47-7)48-39(4,5)6)37(43)33(23-28-11-9-8-10-12-28)41-49(45,46)30-19-15-26(2)16-20-30/h8-20,33,36,41H,21-24H2,1-7H3/t33-,36?/m0/s1. The minimum atomic E-state index is -4.03. The molecule has 2 heterocycles. The van der Waals surface area contributed by atoms with Gasteiger partial charge in [0, 0.05) is 42.0 Å². The van der Waals surface area contributed by atoms with E-state index in [1.807, 2.05) is 96.1 Å². The Labute approximate surface area is 289 Å². The number of pyridine rings is 1. The Kier molecular flexibility index (Phi) is 10.7. The molecule has 0 saturated heterocycles. The van der Waals surface area contributed by atoms with Gasteiger partial charge in [-0.25, -0.2) is 13.2 Å². The second-order valence-electron chi connectivity index (χ2n) is 13.6. The van der Waals surface area contributed by atoms with E-state index >= 15 is 0 Å². The third kappa shape index (κ3) is 8.44. The predicted octanol–water partition coefficient (Wildman–Crippen LogP) is 6.18. The zero-order chi connectivity index (χ0) is 35.5. The third-order valence-corrected chi connectivity index (χ3v) is 10.1. The number of nitrogens with one attached hydrogen (secondary N) is 1. The van der Waals surface area contributed by atoms with Crippen LogP contribution in [0.3, 0.4) is 0 Å². The average molecular weight is 684 g/mol. The predicted molar refractivity (Wildman–Crippen MR) is 189 cm³/mol. The molecule has 1 aliphatic rings. The molecule has 3 aromatic carbocycles. The number of rotatable bonds is 10. The number of fused-ring (bicyclic) bond motifs is 1. The number of aromatic nitrogens is 1. The number of nitrogens with zero attached hydrogens (tertiary/aromatic N) is 2. The Morgan fingerprint density at radius 3 is 2.12 bits per heavy atom. The third-order valence-electron chi connectivity index (χ3n) is 8.59. The number of carbonyl (C=O) groups is 2. The Morgan fingerprint density at radius 1 is 0.918 bits per heavy atom. The molecule has 0 bridgehead atoms. The molecule has 258 valence electrons. The van der Waals surface area contributed by atoms with Crippen LogP contribution in [0.25, 0.3) is 11.1 Å². The van der Waals surface area contributed by atoms with E-state index in [0.717, 1.165) is 39.1 Å². The highest BCUT2D eigenvalue weighted by Gasteiger charge is 2.37. The van der Waals surface area contributed by atoms with Crippen molar-refractivity contribution in [2.45, 2.75) is 83.6 Å². The van der Waals surface area contributed by atoms with Crippen molar-refractivity contribution < 1.29 is 27.5 Å². The van der Waals surface area contributed by atoms with Crippen molar-refractivity contribution in [2.75, 3.05) is 13.7 Å². The lowest BCUT2D eigenvalue weighted by Crippen LogP contribution is -2.51. The molecule has 5 rings (SSSR count). The van der Waals surface area contributed by atoms with E-state index < -0.39 is 33.7 Å². The van der Waals surface area contributed by atoms with Gasteiger partial charge in [0.1, 0.15) is 6.04 Å². The number of sulfonamides is 1. The number of aryl methyl sites for hydroxylation is 3. The molecule has 1 unspecified atom stereocenters. The minimum Gasteiger partial charge on any atom is -0.467 e. The van der Waals surface area contributed by atoms with Crippen LogP contribution in [-0.2, 0) is 48.5 Å². The molecule has 0 fully saturated rings. The topological polar surface area (TPSA) is 115 Å². The number of ether oxygens (including phenoxy) is 2. The Hall–Kier alpha value is -4.38. The van der Waals surface area contributed by atoms with Crippen molar-refractivity contribution in [3.8, 4) is 11.1 Å². The van der Waals surface area contributed by atoms with E-state index in [4.69, 9.17) is 14.5 Å². The van der Waals surface area contributed by atoms with Crippen molar-refractivity contribution in [1.29, 1.82) is 0 Å². The summed E-state index contributed by atoms with van der Waals surface area (Å²) in [5, 5.41) is 0. The van der Waals surface area contributed by atoms with Crippen LogP contribution in [-0.4, -0.2) is 55.5 Å². The van der Waals surface area contributed by atoms with Crippen molar-refractivity contribution in [2.24, 2.45) is 0 Å². The molecule has 0 radical (unpaired) electrons. The van der Waals surface area contributed by atoms with Crippen LogP contribution in [0.2, 0.25) is 0 Å². The Morgan fingerprint density at radius 2 is 1.53 bits per heavy atom. The molecular weight excluding hydrogens is 639 g/mol. The lowest BCUT2D eigenvalue weighted by atomic mass is 9.86. The van der Waals surface area contributed by atoms with E-state index in [0.29, 0.717) is 24.2 Å². The Balaban J connectivity index is 1.60. The normalized spacial score (nSPS) is 14.6. The summed E-state index contributed by atoms with van der Waals surface area (Å²) >= 11 is 0. The van der Waals surface area contributed by atoms with Gasteiger partial charge in [-0.3, -0.25) is 9.78 Å². The maximum absolute atomic E-state index is 14.5. The minimum absolute atomic E-state index is 0.0895. The second-order valence-corrected chi connectivity index (χ2v) is 15.3. The number of hydrogen-bond acceptors (Lipinski definition) is 7. The summed E-state index contributed by atoms with van der Waals surface area (Å²) in [6.07, 6.45) is -0.454. The highest BCUT2D eigenvalue weighted by atomic mass is 32.2. The van der Waals surface area contributed by atoms with Crippen molar-refractivity contribution in [3.05, 3.63) is 118 Å². The number of esters is 1. The maximum Gasteiger partial charge on any atom is 0.339 e. The molecule has 9 nitrogen and oxygen atoms in total. The molecule has 49 heavy (non-hydrogen) atoms. The Bertz CT molecular complexity index is 1920. The van der Waals surface area contributed by atoms with E-state index in [1.54, 1.807) is 29.2 Å². The van der Waals surface area contributed by atoms with Crippen LogP contribution in [0.15, 0.2) is 83.8 Å². The van der Waals surface area contributed by atoms with Gasteiger partial charge in [-0.15, -0.1) is 0 Å². The highest BCUT2D eigenvalue weighted by Crippen LogP contribution is 2.40. The van der Waals surface area contributed by atoms with Crippen LogP contribution < -0.4 is 4.72 Å². The molecule has 4 aromatic rings. The first-order valence-corrected chi connectivity index (χ1v) is 17.9. The number of amides is 1. The van der Waals surface area contributed by atoms with Gasteiger partial charge in [0.25, 0.3) is 0 Å². The molecular formula is C39H45N3O6S. The largest absolute Gasteiger partial charge is 0.467 e. The van der Waals surface area contributed by atoms with Gasteiger partial charge >= 0.3 is 5.97 Å². The monoisotopic (exact) mass is 683 g/mol. The fourth-order valence-corrected chi connectivity index (χ4v) is 7.36. The summed E-state index contributed by atoms with van der Waals surface area (Å²) in [4.78, 5) is 34.6. The summed E-state index contributed by atoms with van der Waals surface area (Å²) in [5.74, 6) is -0.900. The number of methoxy groups -OCH3 is 1. The van der Waals surface area contributed by atoms with Gasteiger partial charge in [-0.05, 0) is 76.8 Å². The van der Waals surface area contributed by atoms with Crippen LogP contribution in [0.1, 0.15) is 66.1 Å². The van der Waals surface area contributed by atoms with Gasteiger partial charge in [0.2, 0.25) is 15.9 Å². The van der Waals surface area contributed by atoms with Crippen molar-refractivity contribution in [3.63, 3.8) is 0 Å². The average Bonchev–Trinajstić information content (AvgIpc) is 3.06. The van der Waals surface area contributed by atoms with E-state index in [-0.39, 0.29) is 23.8 Å². The van der Waals surface area contributed by atoms with Gasteiger partial charge in [-0.1, -0.05) is 77.9 Å². The SMILES string of the molecule is COC(=O)C(OC(C)(C)C)c1c(C)nc2c(c1-c1ccc(C)cc1)CN(C(=O)[C@H](Cc1ccccc1)NS(=O)(=O)c1ccc(C)cc1)CC2. The summed E-state index contributed by atoms with van der Waals surface area (Å²) in [5.41, 5.74) is 6.58. The molecule has 1 aromatic heterocycles. The quantitative estimate of drug-likeness (QED) is 0.199. The van der Waals surface area contributed by atoms with E-state index in [9.17, 15) is 18.0 Å². The van der Waals surface area contributed by atoms with Crippen molar-refractivity contribution >= 4 is 21.9 Å². The van der Waals surface area contributed by atoms with Gasteiger partial charge in [-0.2, -0.15) is 4.72 Å². The molecule has 0 spiro atoms. The van der Waals surface area contributed by atoms with E-state index in [2.05, 4.69) is 4.72 Å². The second kappa shape index (κ2) is 14.6. The van der Waals surface area contributed by atoms with Crippen LogP contribution in [0.5, 0.6) is 0 Å². The summed E-state index contributed by atoms with van der Waals surface area (Å²) < 4.78 is 41.5. The summed E-state index contributed by atoms with van der Waals surface area (Å²) in [6.45, 7) is 11.9. The fourth-order valence-electron chi connectivity index (χ4n) is 6.17.